The monoisotopic (exact) mass is 596 g/mol. The molecule has 3 heterocycles. The quantitative estimate of drug-likeness (QED) is 0.290. The van der Waals surface area contributed by atoms with Crippen LogP contribution in [0.3, 0.4) is 0 Å². The molecule has 2 aliphatic rings. The standard InChI is InChI=1S/C29H40N8O6/c1-18(30-2)25(38)33-23-16-20-17-36(35-34-20)13-7-6-11-21(29(42)43)31-26(39)22(15-19-9-4-3-5-10-19)32-27(40)24-12-8-14-37(24)28(23)41/h3-5,9-10,17-18,21-24,30H,6-8,11-16H2,1-2H3,(H,31,39)(H,32,40)(H,33,38)(H,42,43)/t18-,21-,22-,23-,24-/m0/s1. The minimum Gasteiger partial charge on any atom is -0.480 e. The first kappa shape index (κ1) is 31.6. The van der Waals surface area contributed by atoms with Crippen LogP contribution in [0.2, 0.25) is 0 Å². The molecule has 232 valence electrons. The van der Waals surface area contributed by atoms with Crippen LogP contribution in [-0.4, -0.2) is 98.4 Å². The molecular formula is C29H40N8O6. The molecule has 0 aliphatic carbocycles. The molecule has 2 aromatic rings. The average Bonchev–Trinajstić information content (AvgIpc) is 3.67. The Bertz CT molecular complexity index is 1300. The molecule has 1 aromatic heterocycles. The van der Waals surface area contributed by atoms with Gasteiger partial charge in [0, 0.05) is 32.1 Å². The van der Waals surface area contributed by atoms with Crippen molar-refractivity contribution in [1.29, 1.82) is 0 Å². The summed E-state index contributed by atoms with van der Waals surface area (Å²) in [6, 6.07) is 4.48. The topological polar surface area (TPSA) is 188 Å². The fourth-order valence-corrected chi connectivity index (χ4v) is 5.36. The lowest BCUT2D eigenvalue weighted by Crippen LogP contribution is -2.58. The van der Waals surface area contributed by atoms with Crippen molar-refractivity contribution < 1.29 is 29.1 Å². The molecule has 43 heavy (non-hydrogen) atoms. The highest BCUT2D eigenvalue weighted by Gasteiger charge is 2.39. The van der Waals surface area contributed by atoms with Gasteiger partial charge in [-0.15, -0.1) is 5.10 Å². The fraction of sp³-hybridized carbons (Fsp3) is 0.552. The third-order valence-corrected chi connectivity index (χ3v) is 7.94. The van der Waals surface area contributed by atoms with E-state index in [-0.39, 0.29) is 25.2 Å². The molecule has 14 nitrogen and oxygen atoms in total. The van der Waals surface area contributed by atoms with Gasteiger partial charge in [0.25, 0.3) is 0 Å². The second kappa shape index (κ2) is 14.7. The summed E-state index contributed by atoms with van der Waals surface area (Å²) < 4.78 is 1.61. The minimum absolute atomic E-state index is 0.0754. The van der Waals surface area contributed by atoms with Crippen molar-refractivity contribution in [1.82, 2.24) is 41.2 Å². The van der Waals surface area contributed by atoms with Gasteiger partial charge in [0.15, 0.2) is 0 Å². The Balaban J connectivity index is 1.64. The summed E-state index contributed by atoms with van der Waals surface area (Å²) in [5, 5.41) is 29.2. The predicted octanol–water partition coefficient (Wildman–Crippen LogP) is -0.615. The van der Waals surface area contributed by atoms with E-state index in [0.717, 1.165) is 5.56 Å². The van der Waals surface area contributed by atoms with Crippen molar-refractivity contribution in [3.63, 3.8) is 0 Å². The van der Waals surface area contributed by atoms with Crippen molar-refractivity contribution >= 4 is 29.6 Å². The van der Waals surface area contributed by atoms with Crippen LogP contribution >= 0.6 is 0 Å². The van der Waals surface area contributed by atoms with Crippen molar-refractivity contribution in [3.8, 4) is 0 Å². The molecule has 1 fully saturated rings. The fourth-order valence-electron chi connectivity index (χ4n) is 5.36. The Morgan fingerprint density at radius 2 is 1.81 bits per heavy atom. The lowest BCUT2D eigenvalue weighted by Gasteiger charge is -2.30. The van der Waals surface area contributed by atoms with Gasteiger partial charge in [-0.1, -0.05) is 35.5 Å². The van der Waals surface area contributed by atoms with Gasteiger partial charge in [-0.2, -0.15) is 0 Å². The second-order valence-corrected chi connectivity index (χ2v) is 11.1. The summed E-state index contributed by atoms with van der Waals surface area (Å²) in [5.41, 5.74) is 1.28. The first-order valence-electron chi connectivity index (χ1n) is 14.7. The molecule has 0 saturated carbocycles. The van der Waals surface area contributed by atoms with Crippen molar-refractivity contribution in [2.24, 2.45) is 0 Å². The van der Waals surface area contributed by atoms with Crippen LogP contribution in [0.1, 0.15) is 50.3 Å². The summed E-state index contributed by atoms with van der Waals surface area (Å²) in [6.45, 7) is 2.43. The van der Waals surface area contributed by atoms with Gasteiger partial charge in [0.2, 0.25) is 23.6 Å². The molecular weight excluding hydrogens is 556 g/mol. The molecule has 14 heteroatoms. The number of hydrogen-bond acceptors (Lipinski definition) is 8. The number of benzene rings is 1. The minimum atomic E-state index is -1.16. The number of rotatable bonds is 6. The highest BCUT2D eigenvalue weighted by atomic mass is 16.4. The van der Waals surface area contributed by atoms with Crippen LogP contribution in [0.4, 0.5) is 0 Å². The van der Waals surface area contributed by atoms with Gasteiger partial charge in [-0.25, -0.2) is 4.79 Å². The zero-order chi connectivity index (χ0) is 30.9. The number of carboxylic acids is 1. The van der Waals surface area contributed by atoms with Crippen LogP contribution in [0.25, 0.3) is 0 Å². The van der Waals surface area contributed by atoms with Crippen LogP contribution in [0.15, 0.2) is 36.5 Å². The Labute approximate surface area is 249 Å². The Morgan fingerprint density at radius 3 is 2.53 bits per heavy atom. The number of carboxylic acid groups (broad SMARTS) is 1. The summed E-state index contributed by atoms with van der Waals surface area (Å²) in [7, 11) is 1.64. The van der Waals surface area contributed by atoms with Crippen LogP contribution in [0.5, 0.6) is 0 Å². The molecule has 5 N–H and O–H groups in total. The number of fused-ring (bicyclic) bond motifs is 3. The molecule has 0 unspecified atom stereocenters. The Hall–Kier alpha value is -4.33. The smallest absolute Gasteiger partial charge is 0.326 e. The number of aryl methyl sites for hydroxylation is 1. The third kappa shape index (κ3) is 8.37. The lowest BCUT2D eigenvalue weighted by molar-refractivity contribution is -0.143. The first-order chi connectivity index (χ1) is 20.7. The number of hydrogen-bond donors (Lipinski definition) is 5. The second-order valence-electron chi connectivity index (χ2n) is 11.1. The van der Waals surface area contributed by atoms with Gasteiger partial charge >= 0.3 is 5.97 Å². The molecule has 5 atom stereocenters. The Kier molecular flexibility index (Phi) is 10.8. The van der Waals surface area contributed by atoms with E-state index in [0.29, 0.717) is 44.5 Å². The van der Waals surface area contributed by atoms with Gasteiger partial charge < -0.3 is 31.3 Å². The van der Waals surface area contributed by atoms with E-state index in [9.17, 15) is 29.1 Å². The van der Waals surface area contributed by atoms with Crippen molar-refractivity contribution in [2.75, 3.05) is 13.6 Å². The first-order valence-corrected chi connectivity index (χ1v) is 14.7. The van der Waals surface area contributed by atoms with E-state index in [1.54, 1.807) is 24.9 Å². The van der Waals surface area contributed by atoms with Crippen molar-refractivity contribution in [3.05, 3.63) is 47.8 Å². The molecule has 2 bridgehead atoms. The van der Waals surface area contributed by atoms with E-state index in [4.69, 9.17) is 0 Å². The van der Waals surface area contributed by atoms with Gasteiger partial charge in [-0.05, 0) is 51.6 Å². The summed E-state index contributed by atoms with van der Waals surface area (Å²) in [4.78, 5) is 67.2. The third-order valence-electron chi connectivity index (χ3n) is 7.94. The molecule has 1 saturated heterocycles. The number of amides is 4. The van der Waals surface area contributed by atoms with Gasteiger partial charge in [0.1, 0.15) is 24.2 Å². The number of carbonyl (C=O) groups is 5. The average molecular weight is 597 g/mol. The molecule has 4 rings (SSSR count). The number of likely N-dealkylation sites (N-methyl/N-ethyl adjacent to an activating group) is 1. The maximum atomic E-state index is 13.9. The molecule has 0 radical (unpaired) electrons. The van der Waals surface area contributed by atoms with E-state index in [2.05, 4.69) is 31.6 Å². The summed E-state index contributed by atoms with van der Waals surface area (Å²) >= 11 is 0. The highest BCUT2D eigenvalue weighted by molar-refractivity contribution is 5.96. The normalized spacial score (nSPS) is 24.6. The zero-order valence-electron chi connectivity index (χ0n) is 24.5. The van der Waals surface area contributed by atoms with E-state index in [1.807, 2.05) is 30.3 Å². The molecule has 2 aliphatic heterocycles. The summed E-state index contributed by atoms with van der Waals surface area (Å²) in [6.07, 6.45) is 4.08. The summed E-state index contributed by atoms with van der Waals surface area (Å²) in [5.74, 6) is -3.10. The van der Waals surface area contributed by atoms with Crippen molar-refractivity contribution in [2.45, 2.75) is 88.6 Å². The number of aromatic nitrogens is 3. The molecule has 1 aromatic carbocycles. The van der Waals surface area contributed by atoms with E-state index in [1.165, 1.54) is 4.90 Å². The van der Waals surface area contributed by atoms with E-state index >= 15 is 0 Å². The maximum Gasteiger partial charge on any atom is 0.326 e. The largest absolute Gasteiger partial charge is 0.480 e. The number of aliphatic carboxylic acids is 1. The number of nitrogens with one attached hydrogen (secondary N) is 4. The number of nitrogens with zero attached hydrogens (tertiary/aromatic N) is 4. The SMILES string of the molecule is CN[C@@H](C)C(=O)N[C@H]1Cc2cn(nn2)CCCC[C@@H](C(=O)O)NC(=O)[C@H](Cc2ccccc2)NC(=O)[C@@H]2CCCN2C1=O. The van der Waals surface area contributed by atoms with E-state index < -0.39 is 53.9 Å². The molecule has 4 amide bonds. The van der Waals surface area contributed by atoms with Crippen LogP contribution < -0.4 is 21.3 Å². The van der Waals surface area contributed by atoms with Crippen LogP contribution in [0, 0.1) is 0 Å². The predicted molar refractivity (Wildman–Crippen MR) is 154 cm³/mol. The maximum absolute atomic E-state index is 13.9. The van der Waals surface area contributed by atoms with Gasteiger partial charge in [0.05, 0.1) is 11.7 Å². The van der Waals surface area contributed by atoms with Gasteiger partial charge in [-0.3, -0.25) is 23.9 Å². The number of carbonyl (C=O) groups excluding carboxylic acids is 4. The van der Waals surface area contributed by atoms with Crippen LogP contribution in [-0.2, 0) is 43.4 Å². The molecule has 0 spiro atoms. The Morgan fingerprint density at radius 1 is 1.05 bits per heavy atom. The zero-order valence-corrected chi connectivity index (χ0v) is 24.5. The highest BCUT2D eigenvalue weighted by Crippen LogP contribution is 2.20. The lowest BCUT2D eigenvalue weighted by atomic mass is 10.0.